The van der Waals surface area contributed by atoms with Crippen LogP contribution in [0.3, 0.4) is 0 Å². The van der Waals surface area contributed by atoms with Gasteiger partial charge in [-0.25, -0.2) is 4.39 Å². The highest BCUT2D eigenvalue weighted by atomic mass is 32.2. The van der Waals surface area contributed by atoms with E-state index in [0.29, 0.717) is 5.69 Å². The van der Waals surface area contributed by atoms with Gasteiger partial charge in [0.15, 0.2) is 5.17 Å². The predicted molar refractivity (Wildman–Crippen MR) is 126 cm³/mol. The number of hydrogen-bond acceptors (Lipinski definition) is 5. The molecule has 174 valence electrons. The van der Waals surface area contributed by atoms with Crippen molar-refractivity contribution >= 4 is 44.5 Å². The molecule has 2 amide bonds. The van der Waals surface area contributed by atoms with Crippen LogP contribution in [0.2, 0.25) is 0 Å². The van der Waals surface area contributed by atoms with Crippen LogP contribution in [0.5, 0.6) is 0 Å². The summed E-state index contributed by atoms with van der Waals surface area (Å²) in [5, 5.41) is 2.07. The highest BCUT2D eigenvalue weighted by molar-refractivity contribution is 8.16. The maximum absolute atomic E-state index is 13.3. The number of benzene rings is 2. The first-order valence-corrected chi connectivity index (χ1v) is 13.1. The lowest BCUT2D eigenvalue weighted by Crippen LogP contribution is -2.42. The van der Waals surface area contributed by atoms with E-state index in [1.54, 1.807) is 24.3 Å². The highest BCUT2D eigenvalue weighted by Gasteiger charge is 2.43. The Kier molecular flexibility index (Phi) is 7.14. The fourth-order valence-electron chi connectivity index (χ4n) is 4.02. The number of halogens is 1. The van der Waals surface area contributed by atoms with Gasteiger partial charge in [0.05, 0.1) is 4.90 Å². The van der Waals surface area contributed by atoms with Crippen LogP contribution < -0.4 is 5.32 Å². The number of para-hydroxylation sites is 1. The molecular weight excluding hydrogens is 465 g/mol. The third kappa shape index (κ3) is 5.62. The zero-order valence-electron chi connectivity index (χ0n) is 17.8. The third-order valence-electron chi connectivity index (χ3n) is 5.64. The average molecular weight is 490 g/mol. The smallest absolute Gasteiger partial charge is 0.284 e. The van der Waals surface area contributed by atoms with Crippen molar-refractivity contribution in [2.24, 2.45) is 4.40 Å². The number of sulfonamides is 1. The maximum atomic E-state index is 13.3. The van der Waals surface area contributed by atoms with Gasteiger partial charge in [0.1, 0.15) is 11.1 Å². The number of nitrogens with zero attached hydrogens (tertiary/aromatic N) is 2. The Balaban J connectivity index is 1.58. The Hall–Kier alpha value is -2.72. The number of nitrogens with one attached hydrogen (secondary N) is 1. The monoisotopic (exact) mass is 489 g/mol. The van der Waals surface area contributed by atoms with Crippen LogP contribution in [0.15, 0.2) is 63.9 Å². The minimum atomic E-state index is -4.15. The molecule has 1 N–H and O–H groups in total. The SMILES string of the molecule is O=C(C[C@@H]1SC(=NS(=O)(=O)c2ccc(F)cc2)N(C2CCCCC2)C1=O)Nc1ccccc1. The van der Waals surface area contributed by atoms with E-state index in [-0.39, 0.29) is 34.3 Å². The molecule has 1 saturated heterocycles. The van der Waals surface area contributed by atoms with Crippen molar-refractivity contribution in [1.29, 1.82) is 0 Å². The molecule has 0 radical (unpaired) electrons. The first kappa shape index (κ1) is 23.4. The molecule has 2 aliphatic rings. The molecule has 1 aliphatic carbocycles. The summed E-state index contributed by atoms with van der Waals surface area (Å²) >= 11 is 0.996. The Bertz CT molecular complexity index is 1150. The normalized spacial score (nSPS) is 20.9. The minimum Gasteiger partial charge on any atom is -0.326 e. The summed E-state index contributed by atoms with van der Waals surface area (Å²) in [6.45, 7) is 0. The fraction of sp³-hybridized carbons (Fsp3) is 0.348. The van der Waals surface area contributed by atoms with E-state index in [2.05, 4.69) is 9.71 Å². The van der Waals surface area contributed by atoms with Gasteiger partial charge in [-0.05, 0) is 49.2 Å². The second-order valence-corrected chi connectivity index (χ2v) is 10.8. The summed E-state index contributed by atoms with van der Waals surface area (Å²) in [5.41, 5.74) is 0.620. The van der Waals surface area contributed by atoms with Crippen LogP contribution in [0.4, 0.5) is 10.1 Å². The van der Waals surface area contributed by atoms with Crippen LogP contribution >= 0.6 is 11.8 Å². The van der Waals surface area contributed by atoms with Gasteiger partial charge in [0, 0.05) is 18.2 Å². The first-order chi connectivity index (χ1) is 15.8. The molecule has 1 aliphatic heterocycles. The Morgan fingerprint density at radius 1 is 1.06 bits per heavy atom. The van der Waals surface area contributed by atoms with Crippen LogP contribution in [0.1, 0.15) is 38.5 Å². The van der Waals surface area contributed by atoms with Crippen LogP contribution in [0.25, 0.3) is 0 Å². The van der Waals surface area contributed by atoms with E-state index >= 15 is 0 Å². The topological polar surface area (TPSA) is 95.9 Å². The zero-order valence-corrected chi connectivity index (χ0v) is 19.4. The molecule has 7 nitrogen and oxygen atoms in total. The number of amides is 2. The van der Waals surface area contributed by atoms with E-state index < -0.39 is 21.1 Å². The zero-order chi connectivity index (χ0) is 23.4. The number of carbonyl (C=O) groups excluding carboxylic acids is 2. The van der Waals surface area contributed by atoms with Crippen molar-refractivity contribution in [3.05, 3.63) is 60.4 Å². The lowest BCUT2D eigenvalue weighted by atomic mass is 9.94. The van der Waals surface area contributed by atoms with E-state index in [1.165, 1.54) is 4.90 Å². The second-order valence-electron chi connectivity index (χ2n) is 8.03. The lowest BCUT2D eigenvalue weighted by Gasteiger charge is -2.30. The highest BCUT2D eigenvalue weighted by Crippen LogP contribution is 2.36. The van der Waals surface area contributed by atoms with Gasteiger partial charge in [-0.1, -0.05) is 49.2 Å². The molecule has 1 atom stereocenters. The van der Waals surface area contributed by atoms with Crippen molar-refractivity contribution in [3.8, 4) is 0 Å². The molecule has 1 saturated carbocycles. The van der Waals surface area contributed by atoms with E-state index in [9.17, 15) is 22.4 Å². The Labute approximate surface area is 196 Å². The quantitative estimate of drug-likeness (QED) is 0.657. The van der Waals surface area contributed by atoms with Gasteiger partial charge in [0.25, 0.3) is 10.0 Å². The van der Waals surface area contributed by atoms with Crippen molar-refractivity contribution in [2.45, 2.75) is 54.7 Å². The van der Waals surface area contributed by atoms with Crippen molar-refractivity contribution in [2.75, 3.05) is 5.32 Å². The van der Waals surface area contributed by atoms with E-state index in [1.807, 2.05) is 6.07 Å². The minimum absolute atomic E-state index is 0.0775. The first-order valence-electron chi connectivity index (χ1n) is 10.8. The summed E-state index contributed by atoms with van der Waals surface area (Å²) in [7, 11) is -4.15. The molecule has 2 aromatic rings. The molecule has 33 heavy (non-hydrogen) atoms. The van der Waals surface area contributed by atoms with Crippen molar-refractivity contribution in [3.63, 3.8) is 0 Å². The molecule has 0 spiro atoms. The number of rotatable bonds is 6. The van der Waals surface area contributed by atoms with Crippen LogP contribution in [-0.2, 0) is 19.6 Å². The van der Waals surface area contributed by atoms with Gasteiger partial charge >= 0.3 is 0 Å². The number of thioether (sulfide) groups is 1. The summed E-state index contributed by atoms with van der Waals surface area (Å²) in [6.07, 6.45) is 4.36. The second kappa shape index (κ2) is 10.0. The van der Waals surface area contributed by atoms with Gasteiger partial charge < -0.3 is 5.32 Å². The maximum Gasteiger partial charge on any atom is 0.284 e. The molecule has 0 aromatic heterocycles. The molecular formula is C23H24FN3O4S2. The van der Waals surface area contributed by atoms with Crippen molar-refractivity contribution in [1.82, 2.24) is 4.90 Å². The molecule has 10 heteroatoms. The molecule has 2 aromatic carbocycles. The van der Waals surface area contributed by atoms with Gasteiger partial charge in [-0.15, -0.1) is 4.40 Å². The van der Waals surface area contributed by atoms with E-state index in [0.717, 1.165) is 68.1 Å². The Morgan fingerprint density at radius 3 is 2.39 bits per heavy atom. The molecule has 0 unspecified atom stereocenters. The number of hydrogen-bond donors (Lipinski definition) is 1. The molecule has 4 rings (SSSR count). The summed E-state index contributed by atoms with van der Waals surface area (Å²) in [4.78, 5) is 27.1. The average Bonchev–Trinajstić information content (AvgIpc) is 3.09. The largest absolute Gasteiger partial charge is 0.326 e. The number of amidine groups is 1. The van der Waals surface area contributed by atoms with Gasteiger partial charge in [-0.2, -0.15) is 8.42 Å². The number of carbonyl (C=O) groups is 2. The molecule has 1 heterocycles. The molecule has 0 bridgehead atoms. The lowest BCUT2D eigenvalue weighted by molar-refractivity contribution is -0.130. The number of anilines is 1. The van der Waals surface area contributed by atoms with Crippen molar-refractivity contribution < 1.29 is 22.4 Å². The molecule has 2 fully saturated rings. The summed E-state index contributed by atoms with van der Waals surface area (Å²) < 4.78 is 42.9. The van der Waals surface area contributed by atoms with E-state index in [4.69, 9.17) is 0 Å². The van der Waals surface area contributed by atoms with Gasteiger partial charge in [0.2, 0.25) is 11.8 Å². The predicted octanol–water partition coefficient (Wildman–Crippen LogP) is 4.18. The Morgan fingerprint density at radius 2 is 1.73 bits per heavy atom. The van der Waals surface area contributed by atoms with Crippen LogP contribution in [0, 0.1) is 5.82 Å². The third-order valence-corrected chi connectivity index (χ3v) is 8.19. The van der Waals surface area contributed by atoms with Crippen LogP contribution in [-0.4, -0.2) is 41.6 Å². The van der Waals surface area contributed by atoms with Gasteiger partial charge in [-0.3, -0.25) is 14.5 Å². The standard InChI is InChI=1S/C23H24FN3O4S2/c24-16-11-13-19(14-12-16)33(30,31)26-23-27(18-9-5-2-6-10-18)22(29)20(32-23)15-21(28)25-17-7-3-1-4-8-17/h1,3-4,7-8,11-14,18,20H,2,5-6,9-10,15H2,(H,25,28)/t20-/m0/s1. The summed E-state index contributed by atoms with van der Waals surface area (Å²) in [6, 6.07) is 13.2. The summed E-state index contributed by atoms with van der Waals surface area (Å²) in [5.74, 6) is -1.19. The fourth-order valence-corrected chi connectivity index (χ4v) is 6.42.